The average Bonchev–Trinajstić information content (AvgIpc) is 3.70. The van der Waals surface area contributed by atoms with Gasteiger partial charge in [-0.3, -0.25) is 9.69 Å². The predicted octanol–water partition coefficient (Wildman–Crippen LogP) is 4.61. The first kappa shape index (κ1) is 24.1. The number of hydrogen-bond donors (Lipinski definition) is 1. The Bertz CT molecular complexity index is 1410. The van der Waals surface area contributed by atoms with Gasteiger partial charge in [0.15, 0.2) is 5.82 Å². The van der Waals surface area contributed by atoms with E-state index in [1.807, 2.05) is 35.9 Å². The number of tetrazole rings is 1. The lowest BCUT2D eigenvalue weighted by Gasteiger charge is -2.32. The molecule has 37 heavy (non-hydrogen) atoms. The second kappa shape index (κ2) is 10.2. The second-order valence-corrected chi connectivity index (χ2v) is 10.5. The van der Waals surface area contributed by atoms with E-state index in [4.69, 9.17) is 9.15 Å². The number of benzene rings is 1. The van der Waals surface area contributed by atoms with Crippen molar-refractivity contribution in [3.8, 4) is 0 Å². The Morgan fingerprint density at radius 2 is 1.97 bits per heavy atom. The Balaban J connectivity index is 1.53. The number of aromatic nitrogens is 5. The molecule has 2 atom stereocenters. The zero-order valence-electron chi connectivity index (χ0n) is 21.5. The highest BCUT2D eigenvalue weighted by atomic mass is 16.5. The maximum absolute atomic E-state index is 13.8. The fraction of sp³-hybridized carbons (Fsp3) is 0.500. The summed E-state index contributed by atoms with van der Waals surface area (Å²) < 4.78 is 13.8. The van der Waals surface area contributed by atoms with Crippen molar-refractivity contribution in [1.29, 1.82) is 0 Å². The molecular formula is C28H34N6O3. The van der Waals surface area contributed by atoms with Gasteiger partial charge in [-0.05, 0) is 79.3 Å². The van der Waals surface area contributed by atoms with Crippen molar-refractivity contribution in [2.45, 2.75) is 77.1 Å². The summed E-state index contributed by atoms with van der Waals surface area (Å²) in [6, 6.07) is 9.83. The van der Waals surface area contributed by atoms with Crippen LogP contribution in [0.5, 0.6) is 0 Å². The summed E-state index contributed by atoms with van der Waals surface area (Å²) in [4.78, 5) is 19.2. The molecule has 9 nitrogen and oxygen atoms in total. The summed E-state index contributed by atoms with van der Waals surface area (Å²) in [5.41, 5.74) is 3.55. The predicted molar refractivity (Wildman–Crippen MR) is 139 cm³/mol. The molecule has 1 aliphatic heterocycles. The first-order chi connectivity index (χ1) is 18.1. The zero-order valence-corrected chi connectivity index (χ0v) is 21.5. The van der Waals surface area contributed by atoms with Gasteiger partial charge in [-0.25, -0.2) is 4.68 Å². The molecule has 2 fully saturated rings. The van der Waals surface area contributed by atoms with Gasteiger partial charge in [0.25, 0.3) is 5.56 Å². The van der Waals surface area contributed by atoms with Crippen LogP contribution in [0.25, 0.3) is 10.9 Å². The third-order valence-electron chi connectivity index (χ3n) is 7.97. The number of hydrogen-bond acceptors (Lipinski definition) is 7. The molecule has 6 rings (SSSR count). The highest BCUT2D eigenvalue weighted by Gasteiger charge is 2.35. The molecule has 3 aromatic heterocycles. The van der Waals surface area contributed by atoms with Crippen molar-refractivity contribution in [2.24, 2.45) is 0 Å². The Hall–Kier alpha value is -3.30. The molecule has 4 aromatic rings. The molecule has 0 spiro atoms. The van der Waals surface area contributed by atoms with Crippen molar-refractivity contribution in [3.63, 3.8) is 0 Å². The molecule has 194 valence electrons. The SMILES string of the molecule is Cc1ccc(C)c2[nH]c(=O)c([C@@H](c3nnnn3C3CCCC3)N(Cc3ccco3)C[C@@H]3CCCO3)cc12. The van der Waals surface area contributed by atoms with Crippen LogP contribution in [-0.2, 0) is 11.3 Å². The van der Waals surface area contributed by atoms with Crippen molar-refractivity contribution in [2.75, 3.05) is 13.2 Å². The number of rotatable bonds is 8. The van der Waals surface area contributed by atoms with Crippen LogP contribution >= 0.6 is 0 Å². The van der Waals surface area contributed by atoms with E-state index in [0.717, 1.165) is 72.9 Å². The largest absolute Gasteiger partial charge is 0.468 e. The number of H-pyrrole nitrogens is 1. The van der Waals surface area contributed by atoms with E-state index in [2.05, 4.69) is 38.4 Å². The van der Waals surface area contributed by atoms with E-state index in [9.17, 15) is 4.79 Å². The molecular weight excluding hydrogens is 468 g/mol. The number of pyridine rings is 1. The first-order valence-corrected chi connectivity index (χ1v) is 13.4. The third kappa shape index (κ3) is 4.73. The summed E-state index contributed by atoms with van der Waals surface area (Å²) >= 11 is 0. The maximum Gasteiger partial charge on any atom is 0.253 e. The summed E-state index contributed by atoms with van der Waals surface area (Å²) in [5, 5.41) is 14.2. The number of aromatic amines is 1. The van der Waals surface area contributed by atoms with Crippen LogP contribution in [0.4, 0.5) is 0 Å². The summed E-state index contributed by atoms with van der Waals surface area (Å²) in [6.45, 7) is 6.02. The van der Waals surface area contributed by atoms with Crippen LogP contribution in [0, 0.1) is 13.8 Å². The van der Waals surface area contributed by atoms with E-state index in [0.29, 0.717) is 24.5 Å². The molecule has 9 heteroatoms. The maximum atomic E-state index is 13.8. The minimum atomic E-state index is -0.460. The minimum Gasteiger partial charge on any atom is -0.468 e. The molecule has 1 N–H and O–H groups in total. The van der Waals surface area contributed by atoms with Crippen molar-refractivity contribution >= 4 is 10.9 Å². The highest BCUT2D eigenvalue weighted by molar-refractivity contribution is 5.85. The van der Waals surface area contributed by atoms with Crippen molar-refractivity contribution in [3.05, 3.63) is 75.2 Å². The first-order valence-electron chi connectivity index (χ1n) is 13.4. The Kier molecular flexibility index (Phi) is 6.65. The lowest BCUT2D eigenvalue weighted by atomic mass is 9.98. The van der Waals surface area contributed by atoms with Gasteiger partial charge in [-0.15, -0.1) is 5.10 Å². The molecule has 1 saturated heterocycles. The molecule has 1 aromatic carbocycles. The molecule has 0 amide bonds. The van der Waals surface area contributed by atoms with Gasteiger partial charge in [0.1, 0.15) is 11.8 Å². The van der Waals surface area contributed by atoms with Gasteiger partial charge < -0.3 is 14.1 Å². The molecule has 2 aliphatic rings. The van der Waals surface area contributed by atoms with Crippen LogP contribution in [0.1, 0.15) is 78.9 Å². The summed E-state index contributed by atoms with van der Waals surface area (Å²) in [6.07, 6.45) is 8.21. The normalized spacial score (nSPS) is 19.4. The van der Waals surface area contributed by atoms with E-state index < -0.39 is 6.04 Å². The van der Waals surface area contributed by atoms with Gasteiger partial charge in [0.2, 0.25) is 0 Å². The Labute approximate surface area is 215 Å². The van der Waals surface area contributed by atoms with E-state index >= 15 is 0 Å². The van der Waals surface area contributed by atoms with E-state index in [1.54, 1.807) is 6.26 Å². The standard InChI is InChI=1S/C28H34N6O3/c1-18-11-12-19(2)25-23(18)15-24(28(35)29-25)26(27-30-31-32-34(27)20-7-3-4-8-20)33(16-21-9-5-13-36-21)17-22-10-6-14-37-22/h5,9,11-13,15,20,22,26H,3-4,6-8,10,14,16-17H2,1-2H3,(H,29,35)/t22-,26-/m0/s1. The fourth-order valence-electron chi connectivity index (χ4n) is 6.00. The lowest BCUT2D eigenvalue weighted by Crippen LogP contribution is -2.39. The van der Waals surface area contributed by atoms with Crippen LogP contribution in [-0.4, -0.2) is 49.3 Å². The smallest absolute Gasteiger partial charge is 0.253 e. The van der Waals surface area contributed by atoms with E-state index in [-0.39, 0.29) is 17.7 Å². The number of fused-ring (bicyclic) bond motifs is 1. The second-order valence-electron chi connectivity index (χ2n) is 10.5. The fourth-order valence-corrected chi connectivity index (χ4v) is 6.00. The van der Waals surface area contributed by atoms with Crippen LogP contribution in [0.15, 0.2) is 45.8 Å². The third-order valence-corrected chi connectivity index (χ3v) is 7.97. The quantitative estimate of drug-likeness (QED) is 0.375. The zero-order chi connectivity index (χ0) is 25.4. The molecule has 4 heterocycles. The molecule has 0 bridgehead atoms. The van der Waals surface area contributed by atoms with Crippen molar-refractivity contribution < 1.29 is 9.15 Å². The lowest BCUT2D eigenvalue weighted by molar-refractivity contribution is 0.0541. The van der Waals surface area contributed by atoms with Gasteiger partial charge in [0.05, 0.1) is 30.5 Å². The molecule has 1 aliphatic carbocycles. The molecule has 0 unspecified atom stereocenters. The topological polar surface area (TPSA) is 102 Å². The Morgan fingerprint density at radius 1 is 1.14 bits per heavy atom. The number of ether oxygens (including phenoxy) is 1. The monoisotopic (exact) mass is 502 g/mol. The number of nitrogens with one attached hydrogen (secondary N) is 1. The molecule has 1 saturated carbocycles. The Morgan fingerprint density at radius 3 is 2.73 bits per heavy atom. The van der Waals surface area contributed by atoms with E-state index in [1.165, 1.54) is 0 Å². The van der Waals surface area contributed by atoms with Crippen LogP contribution in [0.3, 0.4) is 0 Å². The van der Waals surface area contributed by atoms with Gasteiger partial charge in [0, 0.05) is 24.1 Å². The van der Waals surface area contributed by atoms with Crippen molar-refractivity contribution in [1.82, 2.24) is 30.1 Å². The number of aryl methyl sites for hydroxylation is 2. The number of nitrogens with zero attached hydrogens (tertiary/aromatic N) is 5. The minimum absolute atomic E-state index is 0.0804. The van der Waals surface area contributed by atoms with Gasteiger partial charge in [-0.2, -0.15) is 0 Å². The van der Waals surface area contributed by atoms with Gasteiger partial charge in [-0.1, -0.05) is 25.0 Å². The molecule has 0 radical (unpaired) electrons. The summed E-state index contributed by atoms with van der Waals surface area (Å²) in [7, 11) is 0. The average molecular weight is 503 g/mol. The summed E-state index contributed by atoms with van der Waals surface area (Å²) in [5.74, 6) is 1.53. The highest BCUT2D eigenvalue weighted by Crippen LogP contribution is 2.35. The van der Waals surface area contributed by atoms with Crippen LogP contribution in [0.2, 0.25) is 0 Å². The van der Waals surface area contributed by atoms with Crippen LogP contribution < -0.4 is 5.56 Å². The van der Waals surface area contributed by atoms with Gasteiger partial charge >= 0.3 is 0 Å². The number of furan rings is 1.